The quantitative estimate of drug-likeness (QED) is 0.694. The van der Waals surface area contributed by atoms with Crippen molar-refractivity contribution in [2.45, 2.75) is 0 Å². The smallest absolute Gasteiger partial charge is 0.204 e. The van der Waals surface area contributed by atoms with Gasteiger partial charge in [0.1, 0.15) is 0 Å². The molecule has 0 aliphatic carbocycles. The maximum atomic E-state index is 4.29. The molecule has 84 valence electrons. The van der Waals surface area contributed by atoms with Crippen molar-refractivity contribution >= 4 is 33.4 Å². The third kappa shape index (κ3) is 2.22. The Balaban J connectivity index is 2.00. The molecule has 1 aliphatic rings. The Morgan fingerprint density at radius 2 is 1.88 bits per heavy atom. The average Bonchev–Trinajstić information content (AvgIpc) is 2.89. The van der Waals surface area contributed by atoms with E-state index in [1.807, 2.05) is 24.3 Å². The van der Waals surface area contributed by atoms with Crippen LogP contribution in [-0.4, -0.2) is 17.5 Å². The molecule has 0 unspecified atom stereocenters. The van der Waals surface area contributed by atoms with Crippen LogP contribution in [0.1, 0.15) is 0 Å². The first-order valence-corrected chi connectivity index (χ1v) is 6.49. The van der Waals surface area contributed by atoms with Crippen molar-refractivity contribution in [2.24, 2.45) is 15.2 Å². The van der Waals surface area contributed by atoms with Crippen molar-refractivity contribution < 1.29 is 0 Å². The molecule has 3 rings (SSSR count). The highest BCUT2D eigenvalue weighted by Gasteiger charge is 2.05. The molecular weight excluding hydrogens is 230 g/mol. The number of aliphatic imine (C=N–C) groups is 1. The Hall–Kier alpha value is -1.68. The first-order valence-electron chi connectivity index (χ1n) is 5.50. The van der Waals surface area contributed by atoms with Gasteiger partial charge in [-0.15, -0.1) is 10.2 Å². The number of amidine groups is 1. The zero-order valence-electron chi connectivity index (χ0n) is 9.21. The summed E-state index contributed by atoms with van der Waals surface area (Å²) in [7, 11) is 0. The number of hydrogen-bond acceptors (Lipinski definition) is 4. The lowest BCUT2D eigenvalue weighted by Crippen LogP contribution is -1.78. The molecule has 0 spiro atoms. The van der Waals surface area contributed by atoms with Crippen LogP contribution in [0.3, 0.4) is 0 Å². The van der Waals surface area contributed by atoms with Crippen molar-refractivity contribution in [3.63, 3.8) is 0 Å². The molecule has 0 atom stereocenters. The summed E-state index contributed by atoms with van der Waals surface area (Å²) in [6.45, 7) is 0.856. The van der Waals surface area contributed by atoms with E-state index in [4.69, 9.17) is 0 Å². The van der Waals surface area contributed by atoms with E-state index in [9.17, 15) is 0 Å². The summed E-state index contributed by atoms with van der Waals surface area (Å²) < 4.78 is 0. The van der Waals surface area contributed by atoms with E-state index in [2.05, 4.69) is 33.4 Å². The zero-order valence-corrected chi connectivity index (χ0v) is 10.0. The summed E-state index contributed by atoms with van der Waals surface area (Å²) >= 11 is 1.66. The molecule has 0 fully saturated rings. The second kappa shape index (κ2) is 4.67. The fourth-order valence-corrected chi connectivity index (χ4v) is 2.42. The molecule has 0 aromatic heterocycles. The molecule has 1 heterocycles. The van der Waals surface area contributed by atoms with Crippen molar-refractivity contribution in [1.82, 2.24) is 0 Å². The van der Waals surface area contributed by atoms with Gasteiger partial charge in [0.15, 0.2) is 0 Å². The predicted octanol–water partition coefficient (Wildman–Crippen LogP) is 4.03. The van der Waals surface area contributed by atoms with E-state index < -0.39 is 0 Å². The Kier molecular flexibility index (Phi) is 2.88. The lowest BCUT2D eigenvalue weighted by molar-refractivity contribution is 1.16. The number of thioether (sulfide) groups is 1. The van der Waals surface area contributed by atoms with Gasteiger partial charge in [-0.2, -0.15) is 0 Å². The SMILES string of the molecule is c1ccc2c(/N=N/C3=NCCS3)cccc2c1. The molecule has 2 aromatic carbocycles. The van der Waals surface area contributed by atoms with Gasteiger partial charge in [-0.1, -0.05) is 48.2 Å². The molecule has 0 N–H and O–H groups in total. The summed E-state index contributed by atoms with van der Waals surface area (Å²) in [6.07, 6.45) is 0. The Morgan fingerprint density at radius 1 is 1.00 bits per heavy atom. The maximum Gasteiger partial charge on any atom is 0.204 e. The minimum Gasteiger partial charge on any atom is -0.258 e. The average molecular weight is 241 g/mol. The largest absolute Gasteiger partial charge is 0.258 e. The van der Waals surface area contributed by atoms with Crippen LogP contribution in [0.25, 0.3) is 10.8 Å². The summed E-state index contributed by atoms with van der Waals surface area (Å²) in [5.41, 5.74) is 0.901. The van der Waals surface area contributed by atoms with E-state index in [-0.39, 0.29) is 0 Å². The molecule has 0 bridgehead atoms. The molecule has 1 aliphatic heterocycles. The van der Waals surface area contributed by atoms with Gasteiger partial charge in [-0.25, -0.2) is 0 Å². The third-order valence-corrected chi connectivity index (χ3v) is 3.44. The Labute approximate surface area is 104 Å². The normalized spacial score (nSPS) is 15.6. The van der Waals surface area contributed by atoms with Crippen LogP contribution in [0.2, 0.25) is 0 Å². The highest BCUT2D eigenvalue weighted by molar-refractivity contribution is 8.14. The standard InChI is InChI=1S/C13H11N3S/c1-2-6-11-10(4-1)5-3-7-12(11)15-16-13-14-8-9-17-13/h1-7H,8-9H2/b16-15+. The van der Waals surface area contributed by atoms with E-state index in [0.717, 1.165) is 28.5 Å². The predicted molar refractivity (Wildman–Crippen MR) is 73.2 cm³/mol. The van der Waals surface area contributed by atoms with Crippen LogP contribution in [0.5, 0.6) is 0 Å². The third-order valence-electron chi connectivity index (χ3n) is 2.58. The van der Waals surface area contributed by atoms with Gasteiger partial charge in [0.05, 0.1) is 12.2 Å². The fourth-order valence-electron chi connectivity index (χ4n) is 1.78. The molecule has 3 nitrogen and oxygen atoms in total. The van der Waals surface area contributed by atoms with Gasteiger partial charge >= 0.3 is 0 Å². The van der Waals surface area contributed by atoms with Gasteiger partial charge in [0.2, 0.25) is 5.17 Å². The van der Waals surface area contributed by atoms with E-state index in [0.29, 0.717) is 0 Å². The number of nitrogens with zero attached hydrogens (tertiary/aromatic N) is 3. The summed E-state index contributed by atoms with van der Waals surface area (Å²) in [5, 5.41) is 11.6. The second-order valence-electron chi connectivity index (χ2n) is 3.71. The van der Waals surface area contributed by atoms with Crippen molar-refractivity contribution in [3.05, 3.63) is 42.5 Å². The first kappa shape index (κ1) is 10.5. The molecule has 4 heteroatoms. The van der Waals surface area contributed by atoms with Crippen LogP contribution in [0.4, 0.5) is 5.69 Å². The Bertz CT molecular complexity index is 599. The summed E-state index contributed by atoms with van der Waals surface area (Å²) in [5.74, 6) is 1.02. The molecule has 2 aromatic rings. The lowest BCUT2D eigenvalue weighted by atomic mass is 10.1. The topological polar surface area (TPSA) is 37.1 Å². The number of hydrogen-bond donors (Lipinski definition) is 0. The second-order valence-corrected chi connectivity index (χ2v) is 4.77. The zero-order chi connectivity index (χ0) is 11.5. The van der Waals surface area contributed by atoms with Crippen molar-refractivity contribution in [1.29, 1.82) is 0 Å². The lowest BCUT2D eigenvalue weighted by Gasteiger charge is -1.99. The minimum absolute atomic E-state index is 0.790. The number of benzene rings is 2. The van der Waals surface area contributed by atoms with E-state index >= 15 is 0 Å². The van der Waals surface area contributed by atoms with Crippen molar-refractivity contribution in [3.8, 4) is 0 Å². The molecular formula is C13H11N3S. The van der Waals surface area contributed by atoms with Crippen LogP contribution in [0.15, 0.2) is 57.7 Å². The fraction of sp³-hybridized carbons (Fsp3) is 0.154. The summed E-state index contributed by atoms with van der Waals surface area (Å²) in [6, 6.07) is 14.2. The first-order chi connectivity index (χ1) is 8.43. The van der Waals surface area contributed by atoms with E-state index in [1.54, 1.807) is 11.8 Å². The van der Waals surface area contributed by atoms with E-state index in [1.165, 1.54) is 5.39 Å². The van der Waals surface area contributed by atoms with Crippen LogP contribution < -0.4 is 0 Å². The van der Waals surface area contributed by atoms with Gasteiger partial charge < -0.3 is 0 Å². The van der Waals surface area contributed by atoms with Gasteiger partial charge in [-0.05, 0) is 11.5 Å². The number of rotatable bonds is 1. The number of fused-ring (bicyclic) bond motifs is 1. The van der Waals surface area contributed by atoms with Gasteiger partial charge in [0.25, 0.3) is 0 Å². The van der Waals surface area contributed by atoms with Crippen molar-refractivity contribution in [2.75, 3.05) is 12.3 Å². The van der Waals surface area contributed by atoms with Gasteiger partial charge in [0, 0.05) is 11.1 Å². The van der Waals surface area contributed by atoms with Crippen LogP contribution in [0, 0.1) is 0 Å². The molecule has 0 saturated carbocycles. The number of azo groups is 1. The molecule has 0 saturated heterocycles. The molecule has 0 amide bonds. The molecule has 17 heavy (non-hydrogen) atoms. The maximum absolute atomic E-state index is 4.29. The highest BCUT2D eigenvalue weighted by Crippen LogP contribution is 2.26. The van der Waals surface area contributed by atoms with Crippen LogP contribution in [-0.2, 0) is 0 Å². The minimum atomic E-state index is 0.790. The molecule has 0 radical (unpaired) electrons. The highest BCUT2D eigenvalue weighted by atomic mass is 32.2. The van der Waals surface area contributed by atoms with Gasteiger partial charge in [-0.3, -0.25) is 4.99 Å². The van der Waals surface area contributed by atoms with Crippen LogP contribution >= 0.6 is 11.8 Å². The summed E-state index contributed by atoms with van der Waals surface area (Å²) in [4.78, 5) is 4.25. The monoisotopic (exact) mass is 241 g/mol. The Morgan fingerprint density at radius 3 is 2.76 bits per heavy atom.